The standard InChI is InChI=1S/C25H25N3O4S/c1-18-11-12-21(19(2)15-18)13-14-24(29)27-28-25(30)22-9-6-10-23(16-22)33(31,32)26-17-20-7-4-3-5-8-20/h3-16,26H,17H2,1-2H3,(H,27,29)(H,28,30)/b14-13+. The highest BCUT2D eigenvalue weighted by atomic mass is 32.2. The molecule has 0 fully saturated rings. The molecule has 33 heavy (non-hydrogen) atoms. The van der Waals surface area contributed by atoms with Crippen LogP contribution in [0.2, 0.25) is 0 Å². The molecule has 0 saturated carbocycles. The van der Waals surface area contributed by atoms with Crippen LogP contribution in [0.25, 0.3) is 6.08 Å². The second kappa shape index (κ2) is 10.7. The first-order valence-electron chi connectivity index (χ1n) is 10.2. The Morgan fingerprint density at radius 3 is 2.36 bits per heavy atom. The smallest absolute Gasteiger partial charge is 0.268 e. The number of aryl methyl sites for hydroxylation is 2. The molecule has 7 nitrogen and oxygen atoms in total. The van der Waals surface area contributed by atoms with Gasteiger partial charge in [-0.05, 0) is 54.8 Å². The monoisotopic (exact) mass is 463 g/mol. The number of rotatable bonds is 7. The molecule has 3 N–H and O–H groups in total. The Morgan fingerprint density at radius 2 is 1.64 bits per heavy atom. The van der Waals surface area contributed by atoms with Crippen LogP contribution in [0, 0.1) is 13.8 Å². The fourth-order valence-electron chi connectivity index (χ4n) is 3.07. The summed E-state index contributed by atoms with van der Waals surface area (Å²) in [6.07, 6.45) is 2.97. The zero-order valence-electron chi connectivity index (χ0n) is 18.3. The maximum absolute atomic E-state index is 12.6. The average molecular weight is 464 g/mol. The van der Waals surface area contributed by atoms with E-state index in [9.17, 15) is 18.0 Å². The molecule has 0 aliphatic carbocycles. The summed E-state index contributed by atoms with van der Waals surface area (Å²) in [7, 11) is -3.82. The van der Waals surface area contributed by atoms with Crippen molar-refractivity contribution in [1.29, 1.82) is 0 Å². The van der Waals surface area contributed by atoms with E-state index in [4.69, 9.17) is 0 Å². The van der Waals surface area contributed by atoms with Gasteiger partial charge in [0.05, 0.1) is 4.90 Å². The quantitative estimate of drug-likeness (QED) is 0.370. The Balaban J connectivity index is 1.59. The third-order valence-corrected chi connectivity index (χ3v) is 6.25. The van der Waals surface area contributed by atoms with Gasteiger partial charge in [0, 0.05) is 18.2 Å². The van der Waals surface area contributed by atoms with Crippen molar-refractivity contribution in [2.24, 2.45) is 0 Å². The summed E-state index contributed by atoms with van der Waals surface area (Å²) in [6, 6.07) is 20.5. The molecular formula is C25H25N3O4S. The Hall–Kier alpha value is -3.75. The molecule has 0 unspecified atom stereocenters. The molecule has 3 aromatic carbocycles. The minimum absolute atomic E-state index is 0.0489. The lowest BCUT2D eigenvalue weighted by atomic mass is 10.1. The Kier molecular flexibility index (Phi) is 7.76. The first kappa shape index (κ1) is 23.9. The van der Waals surface area contributed by atoms with Crippen LogP contribution < -0.4 is 15.6 Å². The summed E-state index contributed by atoms with van der Waals surface area (Å²) in [4.78, 5) is 24.4. The minimum atomic E-state index is -3.82. The van der Waals surface area contributed by atoms with Gasteiger partial charge < -0.3 is 0 Å². The van der Waals surface area contributed by atoms with Gasteiger partial charge in [-0.15, -0.1) is 0 Å². The van der Waals surface area contributed by atoms with Crippen LogP contribution >= 0.6 is 0 Å². The number of sulfonamides is 1. The van der Waals surface area contributed by atoms with E-state index in [-0.39, 0.29) is 17.0 Å². The van der Waals surface area contributed by atoms with Gasteiger partial charge in [0.25, 0.3) is 11.8 Å². The van der Waals surface area contributed by atoms with E-state index in [2.05, 4.69) is 15.6 Å². The summed E-state index contributed by atoms with van der Waals surface area (Å²) in [6.45, 7) is 4.06. The molecule has 3 aromatic rings. The first-order valence-corrected chi connectivity index (χ1v) is 11.7. The summed E-state index contributed by atoms with van der Waals surface area (Å²) >= 11 is 0. The molecule has 0 radical (unpaired) electrons. The number of benzene rings is 3. The number of hydrogen-bond acceptors (Lipinski definition) is 4. The third kappa shape index (κ3) is 6.86. The van der Waals surface area contributed by atoms with Crippen molar-refractivity contribution in [1.82, 2.24) is 15.6 Å². The van der Waals surface area contributed by atoms with Gasteiger partial charge in [0.2, 0.25) is 10.0 Å². The molecule has 170 valence electrons. The van der Waals surface area contributed by atoms with Crippen LogP contribution in [0.1, 0.15) is 32.6 Å². The molecule has 3 rings (SSSR count). The van der Waals surface area contributed by atoms with Crippen LogP contribution in [-0.4, -0.2) is 20.2 Å². The predicted octanol–water partition coefficient (Wildman–Crippen LogP) is 3.26. The number of amides is 2. The third-order valence-electron chi connectivity index (χ3n) is 4.85. The van der Waals surface area contributed by atoms with Crippen LogP contribution in [0.15, 0.2) is 83.8 Å². The van der Waals surface area contributed by atoms with E-state index in [1.807, 2.05) is 62.4 Å². The number of nitrogens with one attached hydrogen (secondary N) is 3. The normalized spacial score (nSPS) is 11.3. The molecule has 0 saturated heterocycles. The number of carbonyl (C=O) groups excluding carboxylic acids is 2. The van der Waals surface area contributed by atoms with Crippen molar-refractivity contribution in [3.63, 3.8) is 0 Å². The highest BCUT2D eigenvalue weighted by Gasteiger charge is 2.16. The Bertz CT molecular complexity index is 1290. The maximum Gasteiger partial charge on any atom is 0.269 e. The molecular weight excluding hydrogens is 438 g/mol. The molecule has 0 aromatic heterocycles. The average Bonchev–Trinajstić information content (AvgIpc) is 2.81. The molecule has 0 atom stereocenters. The number of carbonyl (C=O) groups is 2. The largest absolute Gasteiger partial charge is 0.269 e. The highest BCUT2D eigenvalue weighted by molar-refractivity contribution is 7.89. The zero-order valence-corrected chi connectivity index (χ0v) is 19.1. The fraction of sp³-hybridized carbons (Fsp3) is 0.120. The Morgan fingerprint density at radius 1 is 0.879 bits per heavy atom. The maximum atomic E-state index is 12.6. The predicted molar refractivity (Wildman–Crippen MR) is 127 cm³/mol. The van der Waals surface area contributed by atoms with Crippen LogP contribution in [0.3, 0.4) is 0 Å². The molecule has 0 spiro atoms. The molecule has 0 aliphatic rings. The van der Waals surface area contributed by atoms with E-state index in [1.54, 1.807) is 6.08 Å². The lowest BCUT2D eigenvalue weighted by Crippen LogP contribution is -2.40. The summed E-state index contributed by atoms with van der Waals surface area (Å²) < 4.78 is 27.7. The zero-order chi connectivity index (χ0) is 23.8. The molecule has 0 aliphatic heterocycles. The van der Waals surface area contributed by atoms with Crippen molar-refractivity contribution >= 4 is 27.9 Å². The fourth-order valence-corrected chi connectivity index (χ4v) is 4.14. The molecule has 2 amide bonds. The number of hydrazine groups is 1. The topological polar surface area (TPSA) is 104 Å². The SMILES string of the molecule is Cc1ccc(/C=C/C(=O)NNC(=O)c2cccc(S(=O)(=O)NCc3ccccc3)c2)c(C)c1. The van der Waals surface area contributed by atoms with E-state index in [0.717, 1.165) is 22.3 Å². The minimum Gasteiger partial charge on any atom is -0.268 e. The van der Waals surface area contributed by atoms with Gasteiger partial charge >= 0.3 is 0 Å². The van der Waals surface area contributed by atoms with Crippen LogP contribution in [0.5, 0.6) is 0 Å². The molecule has 0 heterocycles. The summed E-state index contributed by atoms with van der Waals surface area (Å²) in [5.41, 5.74) is 8.54. The van der Waals surface area contributed by atoms with Crippen LogP contribution in [-0.2, 0) is 21.4 Å². The second-order valence-electron chi connectivity index (χ2n) is 7.47. The van der Waals surface area contributed by atoms with Crippen molar-refractivity contribution in [2.75, 3.05) is 0 Å². The van der Waals surface area contributed by atoms with Crippen molar-refractivity contribution < 1.29 is 18.0 Å². The van der Waals surface area contributed by atoms with Crippen LogP contribution in [0.4, 0.5) is 0 Å². The van der Waals surface area contributed by atoms with E-state index >= 15 is 0 Å². The molecule has 8 heteroatoms. The van der Waals surface area contributed by atoms with Crippen molar-refractivity contribution in [3.05, 3.63) is 107 Å². The van der Waals surface area contributed by atoms with Gasteiger partial charge in [0.1, 0.15) is 0 Å². The van der Waals surface area contributed by atoms with Gasteiger partial charge in [-0.25, -0.2) is 13.1 Å². The lowest BCUT2D eigenvalue weighted by molar-refractivity contribution is -0.117. The van der Waals surface area contributed by atoms with Gasteiger partial charge in [-0.3, -0.25) is 20.4 Å². The van der Waals surface area contributed by atoms with Gasteiger partial charge in [-0.1, -0.05) is 60.2 Å². The molecule has 0 bridgehead atoms. The second-order valence-corrected chi connectivity index (χ2v) is 9.24. The van der Waals surface area contributed by atoms with Crippen molar-refractivity contribution in [3.8, 4) is 0 Å². The highest BCUT2D eigenvalue weighted by Crippen LogP contribution is 2.13. The van der Waals surface area contributed by atoms with E-state index in [0.29, 0.717) is 0 Å². The van der Waals surface area contributed by atoms with Gasteiger partial charge in [0.15, 0.2) is 0 Å². The van der Waals surface area contributed by atoms with Gasteiger partial charge in [-0.2, -0.15) is 0 Å². The summed E-state index contributed by atoms with van der Waals surface area (Å²) in [5.74, 6) is -1.15. The van der Waals surface area contributed by atoms with E-state index in [1.165, 1.54) is 30.3 Å². The number of hydrogen-bond donors (Lipinski definition) is 3. The lowest BCUT2D eigenvalue weighted by Gasteiger charge is -2.09. The van der Waals surface area contributed by atoms with Crippen molar-refractivity contribution in [2.45, 2.75) is 25.3 Å². The first-order chi connectivity index (χ1) is 15.7. The summed E-state index contributed by atoms with van der Waals surface area (Å²) in [5, 5.41) is 0. The Labute approximate surface area is 193 Å². The van der Waals surface area contributed by atoms with E-state index < -0.39 is 21.8 Å².